The van der Waals surface area contributed by atoms with Crippen LogP contribution in [-0.2, 0) is 13.0 Å². The Bertz CT molecular complexity index is 636. The molecule has 2 rings (SSSR count). The van der Waals surface area contributed by atoms with Gasteiger partial charge in [0.2, 0.25) is 0 Å². The Morgan fingerprint density at radius 1 is 1.39 bits per heavy atom. The number of hydrogen-bond acceptors (Lipinski definition) is 4. The van der Waals surface area contributed by atoms with Crippen LogP contribution < -0.4 is 10.6 Å². The molecule has 5 nitrogen and oxygen atoms in total. The van der Waals surface area contributed by atoms with Crippen molar-refractivity contribution in [3.63, 3.8) is 0 Å². The van der Waals surface area contributed by atoms with Crippen LogP contribution in [0.2, 0.25) is 0 Å². The third-order valence-electron chi connectivity index (χ3n) is 3.20. The molecule has 7 heteroatoms. The van der Waals surface area contributed by atoms with Gasteiger partial charge in [0.25, 0.3) is 0 Å². The van der Waals surface area contributed by atoms with Gasteiger partial charge in [0.05, 0.1) is 8.58 Å². The molecule has 0 amide bonds. The number of rotatable bonds is 7. The summed E-state index contributed by atoms with van der Waals surface area (Å²) in [5, 5.41) is 10.7. The quantitative estimate of drug-likeness (QED) is 0.386. The molecule has 2 heterocycles. The number of hydrogen-bond donors (Lipinski definition) is 2. The summed E-state index contributed by atoms with van der Waals surface area (Å²) in [7, 11) is 0. The Morgan fingerprint density at radius 3 is 2.83 bits per heavy atom. The van der Waals surface area contributed by atoms with Gasteiger partial charge in [-0.15, -0.1) is 11.3 Å². The summed E-state index contributed by atoms with van der Waals surface area (Å²) >= 11 is 4.18. The van der Waals surface area contributed by atoms with Gasteiger partial charge in [-0.1, -0.05) is 19.0 Å². The maximum atomic E-state index is 5.32. The number of nitrogens with one attached hydrogen (secondary N) is 2. The Balaban J connectivity index is 1.85. The largest absolute Gasteiger partial charge is 0.359 e. The van der Waals surface area contributed by atoms with E-state index in [4.69, 9.17) is 4.52 Å². The van der Waals surface area contributed by atoms with E-state index in [1.807, 2.05) is 17.4 Å². The van der Waals surface area contributed by atoms with Crippen LogP contribution in [0.3, 0.4) is 0 Å². The lowest BCUT2D eigenvalue weighted by molar-refractivity contribution is 0.376. The molecule has 0 spiro atoms. The minimum atomic E-state index is 0.372. The van der Waals surface area contributed by atoms with Crippen molar-refractivity contribution in [2.45, 2.75) is 39.7 Å². The lowest BCUT2D eigenvalue weighted by atomic mass is 10.1. The lowest BCUT2D eigenvalue weighted by Gasteiger charge is -2.10. The van der Waals surface area contributed by atoms with Gasteiger partial charge in [-0.3, -0.25) is 0 Å². The molecule has 2 aromatic heterocycles. The van der Waals surface area contributed by atoms with E-state index in [9.17, 15) is 0 Å². The highest BCUT2D eigenvalue weighted by molar-refractivity contribution is 14.1. The first-order valence-corrected chi connectivity index (χ1v) is 9.70. The van der Waals surface area contributed by atoms with Crippen molar-refractivity contribution in [2.75, 3.05) is 13.1 Å². The van der Waals surface area contributed by atoms with E-state index in [1.165, 1.54) is 7.76 Å². The predicted octanol–water partition coefficient (Wildman–Crippen LogP) is 3.76. The number of nitrogens with zero attached hydrogens (tertiary/aromatic N) is 2. The third-order valence-corrected chi connectivity index (χ3v) is 5.15. The molecule has 0 atom stereocenters. The normalized spacial score (nSPS) is 12.0. The number of guanidine groups is 1. The van der Waals surface area contributed by atoms with E-state index >= 15 is 0 Å². The van der Waals surface area contributed by atoms with E-state index in [-0.39, 0.29) is 0 Å². The molecule has 0 aliphatic heterocycles. The smallest absolute Gasteiger partial charge is 0.191 e. The van der Waals surface area contributed by atoms with Gasteiger partial charge in [-0.2, -0.15) is 0 Å². The van der Waals surface area contributed by atoms with Gasteiger partial charge >= 0.3 is 0 Å². The number of thiophene rings is 1. The van der Waals surface area contributed by atoms with E-state index in [0.29, 0.717) is 12.5 Å². The van der Waals surface area contributed by atoms with Crippen LogP contribution in [0.15, 0.2) is 27.7 Å². The van der Waals surface area contributed by atoms with Crippen LogP contribution >= 0.6 is 33.9 Å². The molecule has 0 radical (unpaired) electrons. The van der Waals surface area contributed by atoms with Crippen LogP contribution in [0.5, 0.6) is 0 Å². The maximum absolute atomic E-state index is 5.32. The highest BCUT2D eigenvalue weighted by Crippen LogP contribution is 2.18. The molecule has 23 heavy (non-hydrogen) atoms. The molecular formula is C16H23IN4OS. The molecular weight excluding hydrogens is 423 g/mol. The van der Waals surface area contributed by atoms with Crippen molar-refractivity contribution in [1.29, 1.82) is 0 Å². The van der Waals surface area contributed by atoms with Crippen LogP contribution in [0.4, 0.5) is 0 Å². The van der Waals surface area contributed by atoms with Crippen molar-refractivity contribution in [3.05, 3.63) is 37.4 Å². The van der Waals surface area contributed by atoms with Gasteiger partial charge in [0.15, 0.2) is 11.7 Å². The second-order valence-corrected chi connectivity index (χ2v) is 8.51. The molecule has 0 saturated carbocycles. The Morgan fingerprint density at radius 2 is 2.22 bits per heavy atom. The third kappa shape index (κ3) is 6.14. The zero-order chi connectivity index (χ0) is 16.7. The molecule has 0 saturated heterocycles. The van der Waals surface area contributed by atoms with Gasteiger partial charge in [-0.05, 0) is 54.0 Å². The Hall–Kier alpha value is -1.09. The highest BCUT2D eigenvalue weighted by Gasteiger charge is 2.07. The van der Waals surface area contributed by atoms with Crippen LogP contribution in [0, 0.1) is 2.88 Å². The first-order valence-electron chi connectivity index (χ1n) is 7.80. The molecule has 2 N–H and O–H groups in total. The van der Waals surface area contributed by atoms with E-state index < -0.39 is 0 Å². The Labute approximate surface area is 155 Å². The second kappa shape index (κ2) is 9.27. The molecule has 0 aliphatic rings. The van der Waals surface area contributed by atoms with Crippen LogP contribution in [0.25, 0.3) is 0 Å². The standard InChI is InChI=1S/C16H23IN4OS/c1-4-18-16(19-8-7-13-5-6-15(17)23-13)20-10-12-9-14(11(2)3)21-22-12/h5-6,9,11H,4,7-8,10H2,1-3H3,(H2,18,19,20). The average molecular weight is 446 g/mol. The number of aliphatic imine (C=N–C) groups is 1. The summed E-state index contributed by atoms with van der Waals surface area (Å²) < 4.78 is 6.64. The molecule has 0 unspecified atom stereocenters. The van der Waals surface area contributed by atoms with Gasteiger partial charge < -0.3 is 15.2 Å². The van der Waals surface area contributed by atoms with Gasteiger partial charge in [-0.25, -0.2) is 4.99 Å². The SMILES string of the molecule is CCNC(=NCc1cc(C(C)C)no1)NCCc1ccc(I)s1. The number of halogens is 1. The fourth-order valence-corrected chi connectivity index (χ4v) is 3.72. The molecule has 126 valence electrons. The zero-order valence-corrected chi connectivity index (χ0v) is 16.7. The second-order valence-electron chi connectivity index (χ2n) is 5.45. The van der Waals surface area contributed by atoms with E-state index in [0.717, 1.165) is 36.9 Å². The molecule has 0 bridgehead atoms. The predicted molar refractivity (Wildman–Crippen MR) is 104 cm³/mol. The van der Waals surface area contributed by atoms with Gasteiger partial charge in [0.1, 0.15) is 6.54 Å². The van der Waals surface area contributed by atoms with E-state index in [1.54, 1.807) is 0 Å². The van der Waals surface area contributed by atoms with Crippen molar-refractivity contribution in [3.8, 4) is 0 Å². The average Bonchev–Trinajstić information content (AvgIpc) is 3.14. The van der Waals surface area contributed by atoms with Crippen molar-refractivity contribution >= 4 is 39.9 Å². The van der Waals surface area contributed by atoms with Gasteiger partial charge in [0, 0.05) is 24.0 Å². The fourth-order valence-electron chi connectivity index (χ4n) is 1.96. The minimum absolute atomic E-state index is 0.372. The molecule has 2 aromatic rings. The summed E-state index contributed by atoms with van der Waals surface area (Å²) in [6.07, 6.45) is 0.998. The maximum Gasteiger partial charge on any atom is 0.191 e. The highest BCUT2D eigenvalue weighted by atomic mass is 127. The van der Waals surface area contributed by atoms with Crippen LogP contribution in [0.1, 0.15) is 43.0 Å². The first-order chi connectivity index (χ1) is 11.1. The number of aromatic nitrogens is 1. The Kier molecular flexibility index (Phi) is 7.35. The van der Waals surface area contributed by atoms with Crippen molar-refractivity contribution in [1.82, 2.24) is 15.8 Å². The minimum Gasteiger partial charge on any atom is -0.359 e. The van der Waals surface area contributed by atoms with Crippen LogP contribution in [-0.4, -0.2) is 24.2 Å². The van der Waals surface area contributed by atoms with Crippen molar-refractivity contribution < 1.29 is 4.52 Å². The lowest BCUT2D eigenvalue weighted by Crippen LogP contribution is -2.38. The molecule has 0 fully saturated rings. The molecule has 0 aliphatic carbocycles. The van der Waals surface area contributed by atoms with Crippen molar-refractivity contribution in [2.24, 2.45) is 4.99 Å². The monoisotopic (exact) mass is 446 g/mol. The summed E-state index contributed by atoms with van der Waals surface area (Å²) in [6.45, 7) is 8.44. The summed E-state index contributed by atoms with van der Waals surface area (Å²) in [4.78, 5) is 5.94. The summed E-state index contributed by atoms with van der Waals surface area (Å²) in [5.41, 5.74) is 0.973. The molecule has 0 aromatic carbocycles. The summed E-state index contributed by atoms with van der Waals surface area (Å²) in [6, 6.07) is 6.31. The first kappa shape index (κ1) is 18.3. The topological polar surface area (TPSA) is 62.5 Å². The van der Waals surface area contributed by atoms with E-state index in [2.05, 4.69) is 76.3 Å². The fraction of sp³-hybridized carbons (Fsp3) is 0.500. The summed E-state index contributed by atoms with van der Waals surface area (Å²) in [5.74, 6) is 1.97. The zero-order valence-electron chi connectivity index (χ0n) is 13.7.